The number of carbonyl (C=O) groups is 2. The van der Waals surface area contributed by atoms with Gasteiger partial charge in [-0.3, -0.25) is 14.5 Å². The highest BCUT2D eigenvalue weighted by molar-refractivity contribution is 8.26. The predicted octanol–water partition coefficient (Wildman–Crippen LogP) is 2.06. The molecule has 1 aromatic carbocycles. The molecule has 0 saturated carbocycles. The molecule has 0 N–H and O–H groups in total. The first kappa shape index (κ1) is 19.9. The number of rotatable bonds is 5. The highest BCUT2D eigenvalue weighted by Crippen LogP contribution is 2.32. The zero-order valence-corrected chi connectivity index (χ0v) is 17.1. The Labute approximate surface area is 169 Å². The number of hydrogen-bond donors (Lipinski definition) is 0. The van der Waals surface area contributed by atoms with E-state index < -0.39 is 0 Å². The van der Waals surface area contributed by atoms with Gasteiger partial charge >= 0.3 is 0 Å². The van der Waals surface area contributed by atoms with Gasteiger partial charge in [-0.15, -0.1) is 0 Å². The fourth-order valence-electron chi connectivity index (χ4n) is 2.97. The lowest BCUT2D eigenvalue weighted by Crippen LogP contribution is -2.47. The van der Waals surface area contributed by atoms with Gasteiger partial charge in [-0.2, -0.15) is 0 Å². The van der Waals surface area contributed by atoms with E-state index in [1.165, 1.54) is 16.7 Å². The summed E-state index contributed by atoms with van der Waals surface area (Å²) in [5, 5.41) is 0. The van der Waals surface area contributed by atoms with Crippen LogP contribution in [-0.4, -0.2) is 77.7 Å². The molecule has 1 aromatic rings. The maximum absolute atomic E-state index is 12.7. The van der Waals surface area contributed by atoms with Crippen LogP contribution in [0.1, 0.15) is 12.0 Å². The number of benzene rings is 1. The molecule has 2 aliphatic heterocycles. The molecule has 144 valence electrons. The molecule has 2 aliphatic rings. The summed E-state index contributed by atoms with van der Waals surface area (Å²) in [4.78, 5) is 31.3. The first-order chi connectivity index (χ1) is 13.0. The smallest absolute Gasteiger partial charge is 0.266 e. The Kier molecular flexibility index (Phi) is 6.51. The van der Waals surface area contributed by atoms with Crippen molar-refractivity contribution in [1.29, 1.82) is 0 Å². The lowest BCUT2D eigenvalue weighted by Gasteiger charge is -2.32. The van der Waals surface area contributed by atoms with E-state index in [1.54, 1.807) is 7.11 Å². The van der Waals surface area contributed by atoms with Crippen LogP contribution >= 0.6 is 24.0 Å². The van der Waals surface area contributed by atoms with Crippen LogP contribution in [0.25, 0.3) is 6.08 Å². The third-order valence-electron chi connectivity index (χ3n) is 4.69. The highest BCUT2D eigenvalue weighted by atomic mass is 32.2. The van der Waals surface area contributed by atoms with Crippen LogP contribution in [0.3, 0.4) is 0 Å². The van der Waals surface area contributed by atoms with E-state index in [-0.39, 0.29) is 11.8 Å². The Morgan fingerprint density at radius 1 is 1.22 bits per heavy atom. The zero-order valence-electron chi connectivity index (χ0n) is 15.5. The molecule has 0 radical (unpaired) electrons. The Balaban J connectivity index is 1.58. The van der Waals surface area contributed by atoms with Crippen molar-refractivity contribution >= 4 is 46.2 Å². The maximum Gasteiger partial charge on any atom is 0.266 e. The first-order valence-corrected chi connectivity index (χ1v) is 10.1. The second-order valence-corrected chi connectivity index (χ2v) is 8.22. The third-order valence-corrected chi connectivity index (χ3v) is 6.07. The molecule has 8 heteroatoms. The second kappa shape index (κ2) is 8.86. The monoisotopic (exact) mass is 405 g/mol. The Morgan fingerprint density at radius 3 is 2.52 bits per heavy atom. The third kappa shape index (κ3) is 4.88. The SMILES string of the molecule is COc1ccc(C=C2SC(=S)N(CCC(=O)N3CCN(C)CC3)C2=O)cc1. The molecule has 0 unspecified atom stereocenters. The molecule has 0 atom stereocenters. The van der Waals surface area contributed by atoms with E-state index in [2.05, 4.69) is 11.9 Å². The van der Waals surface area contributed by atoms with Crippen LogP contribution in [0.5, 0.6) is 5.75 Å². The van der Waals surface area contributed by atoms with Gasteiger partial charge in [0.05, 0.1) is 12.0 Å². The number of hydrogen-bond acceptors (Lipinski definition) is 6. The van der Waals surface area contributed by atoms with Crippen LogP contribution in [0, 0.1) is 0 Å². The minimum absolute atomic E-state index is 0.0799. The summed E-state index contributed by atoms with van der Waals surface area (Å²) >= 11 is 6.63. The fraction of sp³-hybridized carbons (Fsp3) is 0.421. The van der Waals surface area contributed by atoms with Crippen LogP contribution < -0.4 is 4.74 Å². The Hall–Kier alpha value is -1.90. The van der Waals surface area contributed by atoms with Gasteiger partial charge < -0.3 is 14.5 Å². The molecule has 0 aliphatic carbocycles. The minimum Gasteiger partial charge on any atom is -0.497 e. The summed E-state index contributed by atoms with van der Waals surface area (Å²) in [5.74, 6) is 0.713. The molecule has 6 nitrogen and oxygen atoms in total. The van der Waals surface area contributed by atoms with Crippen molar-refractivity contribution in [3.63, 3.8) is 0 Å². The lowest BCUT2D eigenvalue weighted by atomic mass is 10.2. The first-order valence-electron chi connectivity index (χ1n) is 8.83. The van der Waals surface area contributed by atoms with Gasteiger partial charge in [0.15, 0.2) is 0 Å². The molecule has 2 saturated heterocycles. The van der Waals surface area contributed by atoms with Crippen molar-refractivity contribution in [2.75, 3.05) is 46.9 Å². The van der Waals surface area contributed by atoms with Gasteiger partial charge in [-0.1, -0.05) is 36.1 Å². The van der Waals surface area contributed by atoms with Gasteiger partial charge in [0.1, 0.15) is 10.1 Å². The number of nitrogens with zero attached hydrogens (tertiary/aromatic N) is 3. The van der Waals surface area contributed by atoms with Crippen molar-refractivity contribution in [2.24, 2.45) is 0 Å². The molecule has 2 fully saturated rings. The minimum atomic E-state index is -0.132. The number of thioether (sulfide) groups is 1. The van der Waals surface area contributed by atoms with Gasteiger partial charge in [0.2, 0.25) is 5.91 Å². The predicted molar refractivity (Wildman–Crippen MR) is 112 cm³/mol. The molecule has 2 heterocycles. The molecule has 0 aromatic heterocycles. The Bertz CT molecular complexity index is 756. The molecular formula is C19H23N3O3S2. The normalized spacial score (nSPS) is 19.9. The van der Waals surface area contributed by atoms with Crippen LogP contribution in [0.15, 0.2) is 29.2 Å². The zero-order chi connectivity index (χ0) is 19.4. The summed E-state index contributed by atoms with van der Waals surface area (Å²) in [7, 11) is 3.67. The van der Waals surface area contributed by atoms with E-state index in [0.717, 1.165) is 37.5 Å². The van der Waals surface area contributed by atoms with Gasteiger partial charge in [-0.25, -0.2) is 0 Å². The van der Waals surface area contributed by atoms with E-state index >= 15 is 0 Å². The van der Waals surface area contributed by atoms with Crippen LogP contribution in [-0.2, 0) is 9.59 Å². The lowest BCUT2D eigenvalue weighted by molar-refractivity contribution is -0.133. The van der Waals surface area contributed by atoms with E-state index in [9.17, 15) is 9.59 Å². The number of methoxy groups -OCH3 is 1. The summed E-state index contributed by atoms with van der Waals surface area (Å²) < 4.78 is 5.65. The van der Waals surface area contributed by atoms with Crippen molar-refractivity contribution in [1.82, 2.24) is 14.7 Å². The second-order valence-electron chi connectivity index (χ2n) is 6.54. The van der Waals surface area contributed by atoms with Crippen molar-refractivity contribution in [3.8, 4) is 5.75 Å². The molecule has 2 amide bonds. The largest absolute Gasteiger partial charge is 0.497 e. The topological polar surface area (TPSA) is 53.1 Å². The molecule has 27 heavy (non-hydrogen) atoms. The highest BCUT2D eigenvalue weighted by Gasteiger charge is 2.32. The number of carbonyl (C=O) groups excluding carboxylic acids is 2. The van der Waals surface area contributed by atoms with Crippen molar-refractivity contribution in [2.45, 2.75) is 6.42 Å². The van der Waals surface area contributed by atoms with E-state index in [0.29, 0.717) is 22.2 Å². The molecule has 3 rings (SSSR count). The number of amides is 2. The maximum atomic E-state index is 12.7. The molecule has 0 bridgehead atoms. The Morgan fingerprint density at radius 2 is 1.89 bits per heavy atom. The van der Waals surface area contributed by atoms with Gasteiger partial charge in [0, 0.05) is 39.1 Å². The van der Waals surface area contributed by atoms with Gasteiger partial charge in [-0.05, 0) is 30.8 Å². The van der Waals surface area contributed by atoms with Crippen LogP contribution in [0.2, 0.25) is 0 Å². The quantitative estimate of drug-likeness (QED) is 0.552. The molecule has 0 spiro atoms. The average molecular weight is 406 g/mol. The summed E-state index contributed by atoms with van der Waals surface area (Å²) in [6.07, 6.45) is 2.12. The van der Waals surface area contributed by atoms with E-state index in [1.807, 2.05) is 35.2 Å². The average Bonchev–Trinajstić information content (AvgIpc) is 2.94. The van der Waals surface area contributed by atoms with Crippen molar-refractivity contribution in [3.05, 3.63) is 34.7 Å². The fourth-order valence-corrected chi connectivity index (χ4v) is 4.27. The number of piperazine rings is 1. The summed E-state index contributed by atoms with van der Waals surface area (Å²) in [6, 6.07) is 7.48. The van der Waals surface area contributed by atoms with Crippen molar-refractivity contribution < 1.29 is 14.3 Å². The van der Waals surface area contributed by atoms with E-state index in [4.69, 9.17) is 17.0 Å². The van der Waals surface area contributed by atoms with Crippen LogP contribution in [0.4, 0.5) is 0 Å². The summed E-state index contributed by atoms with van der Waals surface area (Å²) in [6.45, 7) is 3.58. The standard InChI is InChI=1S/C19H23N3O3S2/c1-20-9-11-21(12-10-20)17(23)7-8-22-18(24)16(27-19(22)26)13-14-3-5-15(25-2)6-4-14/h3-6,13H,7-12H2,1-2H3. The number of likely N-dealkylation sites (N-methyl/N-ethyl adjacent to an activating group) is 1. The number of thiocarbonyl (C=S) groups is 1. The number of ether oxygens (including phenoxy) is 1. The van der Waals surface area contributed by atoms with Gasteiger partial charge in [0.25, 0.3) is 5.91 Å². The molecular weight excluding hydrogens is 382 g/mol. The summed E-state index contributed by atoms with van der Waals surface area (Å²) in [5.41, 5.74) is 0.907.